The van der Waals surface area contributed by atoms with Crippen LogP contribution in [0.25, 0.3) is 0 Å². The standard InChI is InChI=1S/C19H25NO/c1-13(2)20-12-17-8-6-7-9-18(17)21-19-15(4)11-10-14(3)16(19)5/h6-11,13,20H,12H2,1-5H3. The van der Waals surface area contributed by atoms with Gasteiger partial charge in [0.05, 0.1) is 0 Å². The smallest absolute Gasteiger partial charge is 0.133 e. The Morgan fingerprint density at radius 3 is 2.33 bits per heavy atom. The molecule has 0 amide bonds. The second kappa shape index (κ2) is 6.77. The van der Waals surface area contributed by atoms with Gasteiger partial charge >= 0.3 is 0 Å². The first-order valence-electron chi connectivity index (χ1n) is 7.55. The Hall–Kier alpha value is -1.80. The van der Waals surface area contributed by atoms with Crippen LogP contribution in [-0.2, 0) is 6.54 Å². The van der Waals surface area contributed by atoms with Crippen LogP contribution < -0.4 is 10.1 Å². The summed E-state index contributed by atoms with van der Waals surface area (Å²) in [5, 5.41) is 3.45. The van der Waals surface area contributed by atoms with Crippen LogP contribution in [0, 0.1) is 20.8 Å². The van der Waals surface area contributed by atoms with Crippen molar-refractivity contribution >= 4 is 0 Å². The number of benzene rings is 2. The second-order valence-electron chi connectivity index (χ2n) is 5.90. The van der Waals surface area contributed by atoms with Crippen molar-refractivity contribution in [1.82, 2.24) is 5.32 Å². The van der Waals surface area contributed by atoms with E-state index in [-0.39, 0.29) is 0 Å². The first-order valence-corrected chi connectivity index (χ1v) is 7.55. The van der Waals surface area contributed by atoms with Crippen LogP contribution in [0.5, 0.6) is 11.5 Å². The molecule has 21 heavy (non-hydrogen) atoms. The summed E-state index contributed by atoms with van der Waals surface area (Å²) in [4.78, 5) is 0. The number of ether oxygens (including phenoxy) is 1. The van der Waals surface area contributed by atoms with Gasteiger partial charge in [-0.05, 0) is 43.5 Å². The predicted octanol–water partition coefficient (Wildman–Crippen LogP) is 4.90. The highest BCUT2D eigenvalue weighted by molar-refractivity contribution is 5.48. The summed E-state index contributed by atoms with van der Waals surface area (Å²) in [6.45, 7) is 11.5. The zero-order valence-electron chi connectivity index (χ0n) is 13.7. The average Bonchev–Trinajstić information content (AvgIpc) is 2.46. The molecule has 0 aliphatic carbocycles. The van der Waals surface area contributed by atoms with Gasteiger partial charge in [-0.25, -0.2) is 0 Å². The zero-order valence-corrected chi connectivity index (χ0v) is 13.7. The number of nitrogens with one attached hydrogen (secondary N) is 1. The van der Waals surface area contributed by atoms with Crippen molar-refractivity contribution in [3.8, 4) is 11.5 Å². The van der Waals surface area contributed by atoms with Gasteiger partial charge in [0.2, 0.25) is 0 Å². The van der Waals surface area contributed by atoms with Crippen molar-refractivity contribution in [2.24, 2.45) is 0 Å². The maximum absolute atomic E-state index is 6.24. The maximum Gasteiger partial charge on any atom is 0.133 e. The minimum absolute atomic E-state index is 0.459. The van der Waals surface area contributed by atoms with Crippen molar-refractivity contribution in [3.05, 3.63) is 58.7 Å². The molecule has 0 spiro atoms. The van der Waals surface area contributed by atoms with Crippen LogP contribution in [-0.4, -0.2) is 6.04 Å². The average molecular weight is 283 g/mol. The van der Waals surface area contributed by atoms with Gasteiger partial charge in [-0.3, -0.25) is 0 Å². The van der Waals surface area contributed by atoms with E-state index in [0.29, 0.717) is 6.04 Å². The number of hydrogen-bond donors (Lipinski definition) is 1. The number of rotatable bonds is 5. The van der Waals surface area contributed by atoms with Crippen LogP contribution in [0.4, 0.5) is 0 Å². The molecule has 0 unspecified atom stereocenters. The van der Waals surface area contributed by atoms with E-state index < -0.39 is 0 Å². The lowest BCUT2D eigenvalue weighted by Crippen LogP contribution is -2.22. The van der Waals surface area contributed by atoms with Crippen molar-refractivity contribution < 1.29 is 4.74 Å². The zero-order chi connectivity index (χ0) is 15.4. The van der Waals surface area contributed by atoms with Crippen LogP contribution >= 0.6 is 0 Å². The quantitative estimate of drug-likeness (QED) is 0.842. The van der Waals surface area contributed by atoms with Gasteiger partial charge in [0.25, 0.3) is 0 Å². The molecule has 0 radical (unpaired) electrons. The molecule has 0 heterocycles. The third kappa shape index (κ3) is 3.85. The van der Waals surface area contributed by atoms with E-state index in [2.05, 4.69) is 64.2 Å². The highest BCUT2D eigenvalue weighted by Gasteiger charge is 2.10. The first-order chi connectivity index (χ1) is 9.99. The molecule has 2 nitrogen and oxygen atoms in total. The van der Waals surface area contributed by atoms with E-state index in [9.17, 15) is 0 Å². The van der Waals surface area contributed by atoms with E-state index in [1.807, 2.05) is 12.1 Å². The predicted molar refractivity (Wildman–Crippen MR) is 89.1 cm³/mol. The van der Waals surface area contributed by atoms with Crippen LogP contribution in [0.3, 0.4) is 0 Å². The molecular weight excluding hydrogens is 258 g/mol. The Bertz CT molecular complexity index is 617. The van der Waals surface area contributed by atoms with Crippen molar-refractivity contribution in [3.63, 3.8) is 0 Å². The second-order valence-corrected chi connectivity index (χ2v) is 5.90. The van der Waals surface area contributed by atoms with Gasteiger partial charge in [0.1, 0.15) is 11.5 Å². The summed E-state index contributed by atoms with van der Waals surface area (Å²) >= 11 is 0. The molecule has 112 valence electrons. The van der Waals surface area contributed by atoms with E-state index in [0.717, 1.165) is 18.0 Å². The van der Waals surface area contributed by atoms with Crippen LogP contribution in [0.15, 0.2) is 36.4 Å². The summed E-state index contributed by atoms with van der Waals surface area (Å²) in [7, 11) is 0. The SMILES string of the molecule is Cc1ccc(C)c(Oc2ccccc2CNC(C)C)c1C. The van der Waals surface area contributed by atoms with Crippen molar-refractivity contribution in [1.29, 1.82) is 0 Å². The minimum atomic E-state index is 0.459. The van der Waals surface area contributed by atoms with Crippen molar-refractivity contribution in [2.45, 2.75) is 47.2 Å². The van der Waals surface area contributed by atoms with Gasteiger partial charge in [0, 0.05) is 18.2 Å². The van der Waals surface area contributed by atoms with E-state index >= 15 is 0 Å². The summed E-state index contributed by atoms with van der Waals surface area (Å²) in [6, 6.07) is 13.0. The van der Waals surface area contributed by atoms with Crippen LogP contribution in [0.1, 0.15) is 36.1 Å². The highest BCUT2D eigenvalue weighted by atomic mass is 16.5. The molecule has 2 rings (SSSR count). The van der Waals surface area contributed by atoms with Gasteiger partial charge in [-0.15, -0.1) is 0 Å². The van der Waals surface area contributed by atoms with E-state index in [1.54, 1.807) is 0 Å². The van der Waals surface area contributed by atoms with Crippen LogP contribution in [0.2, 0.25) is 0 Å². The fraction of sp³-hybridized carbons (Fsp3) is 0.368. The molecule has 2 aromatic rings. The molecule has 0 aromatic heterocycles. The minimum Gasteiger partial charge on any atom is -0.456 e. The molecule has 2 heteroatoms. The molecule has 0 atom stereocenters. The molecule has 0 bridgehead atoms. The fourth-order valence-corrected chi connectivity index (χ4v) is 2.26. The summed E-state index contributed by atoms with van der Waals surface area (Å²) in [5.74, 6) is 1.91. The Morgan fingerprint density at radius 2 is 1.62 bits per heavy atom. The molecule has 0 saturated carbocycles. The summed E-state index contributed by atoms with van der Waals surface area (Å²) in [6.07, 6.45) is 0. The van der Waals surface area contributed by atoms with E-state index in [4.69, 9.17) is 4.74 Å². The van der Waals surface area contributed by atoms with Gasteiger partial charge in [-0.1, -0.05) is 44.2 Å². The first kappa shape index (κ1) is 15.6. The molecule has 0 fully saturated rings. The molecular formula is C19H25NO. The van der Waals surface area contributed by atoms with Crippen molar-refractivity contribution in [2.75, 3.05) is 0 Å². The maximum atomic E-state index is 6.24. The monoisotopic (exact) mass is 283 g/mol. The Balaban J connectivity index is 2.30. The van der Waals surface area contributed by atoms with Gasteiger partial charge in [-0.2, -0.15) is 0 Å². The highest BCUT2D eigenvalue weighted by Crippen LogP contribution is 2.32. The largest absolute Gasteiger partial charge is 0.456 e. The normalized spacial score (nSPS) is 11.0. The fourth-order valence-electron chi connectivity index (χ4n) is 2.26. The lowest BCUT2D eigenvalue weighted by molar-refractivity contribution is 0.462. The third-order valence-corrected chi connectivity index (χ3v) is 3.76. The Morgan fingerprint density at radius 1 is 0.952 bits per heavy atom. The molecule has 2 aromatic carbocycles. The molecule has 0 saturated heterocycles. The third-order valence-electron chi connectivity index (χ3n) is 3.76. The summed E-state index contributed by atoms with van der Waals surface area (Å²) in [5.41, 5.74) is 4.83. The molecule has 0 aliphatic heterocycles. The molecule has 0 aliphatic rings. The lowest BCUT2D eigenvalue weighted by Gasteiger charge is -2.17. The number of hydrogen-bond acceptors (Lipinski definition) is 2. The number of para-hydroxylation sites is 1. The number of aryl methyl sites for hydroxylation is 2. The van der Waals surface area contributed by atoms with Gasteiger partial charge in [0.15, 0.2) is 0 Å². The summed E-state index contributed by atoms with van der Waals surface area (Å²) < 4.78 is 6.24. The lowest BCUT2D eigenvalue weighted by atomic mass is 10.1. The van der Waals surface area contributed by atoms with Gasteiger partial charge < -0.3 is 10.1 Å². The topological polar surface area (TPSA) is 21.3 Å². The van der Waals surface area contributed by atoms with E-state index in [1.165, 1.54) is 22.3 Å². The Labute approximate surface area is 128 Å². The Kier molecular flexibility index (Phi) is 5.03. The molecule has 1 N–H and O–H groups in total.